The number of phenols is 1. The Balaban J connectivity index is 1.69. The molecule has 0 unspecified atom stereocenters. The average Bonchev–Trinajstić information content (AvgIpc) is 3.08. The number of hydrogen-bond acceptors (Lipinski definition) is 5. The molecule has 0 saturated carbocycles. The highest BCUT2D eigenvalue weighted by Gasteiger charge is 2.12. The van der Waals surface area contributed by atoms with Crippen LogP contribution in [0.2, 0.25) is 0 Å². The Labute approximate surface area is 149 Å². The van der Waals surface area contributed by atoms with Gasteiger partial charge < -0.3 is 5.11 Å². The summed E-state index contributed by atoms with van der Waals surface area (Å²) >= 11 is 1.33. The van der Waals surface area contributed by atoms with Crippen LogP contribution < -0.4 is 5.43 Å². The van der Waals surface area contributed by atoms with E-state index < -0.39 is 0 Å². The highest BCUT2D eigenvalue weighted by atomic mass is 32.1. The zero-order valence-corrected chi connectivity index (χ0v) is 14.7. The molecule has 0 saturated heterocycles. The minimum absolute atomic E-state index is 0.231. The monoisotopic (exact) mass is 351 g/mol. The first kappa shape index (κ1) is 16.9. The Morgan fingerprint density at radius 2 is 2.00 bits per heavy atom. The number of nitrogens with zero attached hydrogens (tertiary/aromatic N) is 2. The second-order valence-electron chi connectivity index (χ2n) is 5.59. The molecule has 0 fully saturated rings. The quantitative estimate of drug-likeness (QED) is 0.553. The summed E-state index contributed by atoms with van der Waals surface area (Å²) < 4.78 is 0. The minimum atomic E-state index is -0.302. The van der Waals surface area contributed by atoms with Gasteiger partial charge in [-0.15, -0.1) is 11.3 Å². The van der Waals surface area contributed by atoms with Crippen molar-refractivity contribution in [3.8, 4) is 16.3 Å². The predicted octanol–water partition coefficient (Wildman–Crippen LogP) is 3.90. The molecule has 25 heavy (non-hydrogen) atoms. The molecule has 0 spiro atoms. The molecule has 1 amide bonds. The van der Waals surface area contributed by atoms with Gasteiger partial charge in [-0.1, -0.05) is 24.3 Å². The molecule has 0 atom stereocenters. The lowest BCUT2D eigenvalue weighted by Crippen LogP contribution is -2.16. The van der Waals surface area contributed by atoms with Crippen LogP contribution in [0.25, 0.3) is 10.6 Å². The molecule has 0 radical (unpaired) electrons. The van der Waals surface area contributed by atoms with Gasteiger partial charge >= 0.3 is 0 Å². The predicted molar refractivity (Wildman–Crippen MR) is 100 cm³/mol. The highest BCUT2D eigenvalue weighted by Crippen LogP contribution is 2.27. The molecule has 5 nitrogen and oxygen atoms in total. The lowest BCUT2D eigenvalue weighted by molar-refractivity contribution is 0.0959. The molecular formula is C19H17N3O2S. The third kappa shape index (κ3) is 3.92. The van der Waals surface area contributed by atoms with Gasteiger partial charge in [-0.05, 0) is 48.7 Å². The fourth-order valence-electron chi connectivity index (χ4n) is 2.30. The van der Waals surface area contributed by atoms with E-state index in [-0.39, 0.29) is 11.7 Å². The molecule has 3 rings (SSSR count). The number of amides is 1. The second kappa shape index (κ2) is 7.27. The number of aryl methyl sites for hydroxylation is 2. The van der Waals surface area contributed by atoms with E-state index in [9.17, 15) is 9.90 Å². The van der Waals surface area contributed by atoms with Crippen LogP contribution >= 0.6 is 11.3 Å². The maximum absolute atomic E-state index is 12.2. The number of aromatic nitrogens is 1. The van der Waals surface area contributed by atoms with E-state index in [0.717, 1.165) is 27.3 Å². The standard InChI is InChI=1S/C19H17N3O2S/c1-12-5-3-4-6-15(12)19-20-11-17(25-19)18(24)22-21-10-14-7-8-16(23)13(2)9-14/h3-11,23H,1-2H3,(H,22,24)/b21-10-. The van der Waals surface area contributed by atoms with Crippen molar-refractivity contribution in [3.63, 3.8) is 0 Å². The Kier molecular flexibility index (Phi) is 4.90. The number of rotatable bonds is 4. The molecule has 1 heterocycles. The molecule has 0 aliphatic heterocycles. The van der Waals surface area contributed by atoms with Crippen molar-refractivity contribution >= 4 is 23.5 Å². The van der Waals surface area contributed by atoms with Gasteiger partial charge in [0, 0.05) is 5.56 Å². The lowest BCUT2D eigenvalue weighted by atomic mass is 10.1. The van der Waals surface area contributed by atoms with Crippen molar-refractivity contribution < 1.29 is 9.90 Å². The van der Waals surface area contributed by atoms with E-state index in [4.69, 9.17) is 0 Å². The van der Waals surface area contributed by atoms with Crippen LogP contribution in [0.5, 0.6) is 5.75 Å². The van der Waals surface area contributed by atoms with Crippen molar-refractivity contribution in [3.05, 3.63) is 70.2 Å². The van der Waals surface area contributed by atoms with Gasteiger partial charge in [0.05, 0.1) is 12.4 Å². The van der Waals surface area contributed by atoms with Crippen LogP contribution in [0.1, 0.15) is 26.4 Å². The summed E-state index contributed by atoms with van der Waals surface area (Å²) in [6.07, 6.45) is 3.09. The number of hydrogen-bond donors (Lipinski definition) is 2. The fourth-order valence-corrected chi connectivity index (χ4v) is 3.19. The van der Waals surface area contributed by atoms with Crippen LogP contribution in [0.3, 0.4) is 0 Å². The largest absolute Gasteiger partial charge is 0.508 e. The summed E-state index contributed by atoms with van der Waals surface area (Å²) in [5.41, 5.74) is 6.18. The summed E-state index contributed by atoms with van der Waals surface area (Å²) in [6.45, 7) is 3.82. The molecule has 3 aromatic rings. The number of carbonyl (C=O) groups is 1. The molecule has 1 aromatic heterocycles. The normalized spacial score (nSPS) is 11.0. The van der Waals surface area contributed by atoms with E-state index in [1.807, 2.05) is 31.2 Å². The van der Waals surface area contributed by atoms with E-state index in [2.05, 4.69) is 15.5 Å². The third-order valence-corrected chi connectivity index (χ3v) is 4.73. The maximum atomic E-state index is 12.2. The van der Waals surface area contributed by atoms with Crippen LogP contribution in [-0.4, -0.2) is 22.2 Å². The summed E-state index contributed by atoms with van der Waals surface area (Å²) in [5, 5.41) is 14.3. The molecule has 0 bridgehead atoms. The summed E-state index contributed by atoms with van der Waals surface area (Å²) in [6, 6.07) is 13.0. The third-order valence-electron chi connectivity index (χ3n) is 3.71. The van der Waals surface area contributed by atoms with Crippen LogP contribution in [0, 0.1) is 13.8 Å². The van der Waals surface area contributed by atoms with Crippen molar-refractivity contribution in [2.45, 2.75) is 13.8 Å². The van der Waals surface area contributed by atoms with Gasteiger partial charge in [0.2, 0.25) is 0 Å². The molecular weight excluding hydrogens is 334 g/mol. The summed E-state index contributed by atoms with van der Waals surface area (Å²) in [7, 11) is 0. The zero-order valence-electron chi connectivity index (χ0n) is 13.9. The molecule has 0 aliphatic rings. The van der Waals surface area contributed by atoms with Gasteiger partial charge in [-0.3, -0.25) is 4.79 Å². The van der Waals surface area contributed by atoms with Gasteiger partial charge in [0.15, 0.2) is 0 Å². The second-order valence-corrected chi connectivity index (χ2v) is 6.62. The van der Waals surface area contributed by atoms with E-state index in [1.54, 1.807) is 31.3 Å². The van der Waals surface area contributed by atoms with Crippen molar-refractivity contribution in [1.82, 2.24) is 10.4 Å². The van der Waals surface area contributed by atoms with Crippen LogP contribution in [0.15, 0.2) is 53.8 Å². The number of aromatic hydroxyl groups is 1. The number of hydrazone groups is 1. The Hall–Kier alpha value is -2.99. The van der Waals surface area contributed by atoms with Gasteiger partial charge in [0.25, 0.3) is 5.91 Å². The number of thiazole rings is 1. The zero-order chi connectivity index (χ0) is 17.8. The lowest BCUT2D eigenvalue weighted by Gasteiger charge is -2.00. The Bertz CT molecular complexity index is 947. The first-order chi connectivity index (χ1) is 12.0. The Morgan fingerprint density at radius 3 is 2.76 bits per heavy atom. The van der Waals surface area contributed by atoms with E-state index in [1.165, 1.54) is 17.6 Å². The number of nitrogens with one attached hydrogen (secondary N) is 1. The SMILES string of the molecule is Cc1cc(/C=N\NC(=O)c2cnc(-c3ccccc3C)s2)ccc1O. The average molecular weight is 351 g/mol. The van der Waals surface area contributed by atoms with Crippen molar-refractivity contribution in [1.29, 1.82) is 0 Å². The van der Waals surface area contributed by atoms with E-state index in [0.29, 0.717) is 4.88 Å². The van der Waals surface area contributed by atoms with Crippen molar-refractivity contribution in [2.75, 3.05) is 0 Å². The van der Waals surface area contributed by atoms with Crippen molar-refractivity contribution in [2.24, 2.45) is 5.10 Å². The summed E-state index contributed by atoms with van der Waals surface area (Å²) in [5.74, 6) is -0.0707. The number of benzene rings is 2. The minimum Gasteiger partial charge on any atom is -0.508 e. The first-order valence-electron chi connectivity index (χ1n) is 7.69. The molecule has 6 heteroatoms. The van der Waals surface area contributed by atoms with Gasteiger partial charge in [-0.25, -0.2) is 10.4 Å². The van der Waals surface area contributed by atoms with E-state index >= 15 is 0 Å². The molecule has 126 valence electrons. The molecule has 2 N–H and O–H groups in total. The van der Waals surface area contributed by atoms with Crippen LogP contribution in [-0.2, 0) is 0 Å². The molecule has 2 aromatic carbocycles. The first-order valence-corrected chi connectivity index (χ1v) is 8.51. The summed E-state index contributed by atoms with van der Waals surface area (Å²) in [4.78, 5) is 17.0. The highest BCUT2D eigenvalue weighted by molar-refractivity contribution is 7.16. The van der Waals surface area contributed by atoms with Gasteiger partial charge in [-0.2, -0.15) is 5.10 Å². The number of phenolic OH excluding ortho intramolecular Hbond substituents is 1. The number of carbonyl (C=O) groups excluding carboxylic acids is 1. The van der Waals surface area contributed by atoms with Gasteiger partial charge in [0.1, 0.15) is 15.6 Å². The van der Waals surface area contributed by atoms with Crippen LogP contribution in [0.4, 0.5) is 0 Å². The maximum Gasteiger partial charge on any atom is 0.283 e. The molecule has 0 aliphatic carbocycles. The smallest absolute Gasteiger partial charge is 0.283 e. The topological polar surface area (TPSA) is 74.6 Å². The Morgan fingerprint density at radius 1 is 1.20 bits per heavy atom. The fraction of sp³-hybridized carbons (Fsp3) is 0.105.